The zero-order valence-electron chi connectivity index (χ0n) is 33.8. The van der Waals surface area contributed by atoms with Gasteiger partial charge in [0.1, 0.15) is 22.8 Å². The Hall–Kier alpha value is -4.21. The van der Waals surface area contributed by atoms with Gasteiger partial charge < -0.3 is 29.4 Å². The van der Waals surface area contributed by atoms with Gasteiger partial charge in [-0.3, -0.25) is 4.79 Å². The number of carbonyl (C=O) groups excluding carboxylic acids is 2. The standard InChI is InChI=1S/C46H55NO7S/c1-25(2)14-13-21-44(8)22-20-30-38(53-44)29(18-17-26(3)4)40-35(39(30)51-9)37-36-41(55-34-16-12-11-15-33(34)47-37)31-24-32(27(5)6)46(36,54-40)45(50,42(31)48)23-19-28(7)43(49)52-10/h11-12,14-17,19-20,22,27,31-32,41,47,50H,13,18,21,23-24H2,1-10H3/b28-19-. The molecule has 3 aliphatic carbocycles. The molecule has 1 spiro atoms. The van der Waals surface area contributed by atoms with Gasteiger partial charge in [-0.1, -0.05) is 55.4 Å². The van der Waals surface area contributed by atoms with Crippen molar-refractivity contribution in [3.63, 3.8) is 0 Å². The highest BCUT2D eigenvalue weighted by Crippen LogP contribution is 2.69. The molecule has 9 heteroatoms. The number of hydrogen-bond donors (Lipinski definition) is 2. The predicted molar refractivity (Wildman–Crippen MR) is 220 cm³/mol. The number of carbonyl (C=O) groups is 2. The second-order valence-corrected chi connectivity index (χ2v) is 18.0. The molecule has 3 fully saturated rings. The van der Waals surface area contributed by atoms with Crippen LogP contribution in [0.3, 0.4) is 0 Å². The van der Waals surface area contributed by atoms with Crippen molar-refractivity contribution in [1.29, 1.82) is 0 Å². The molecule has 2 aromatic carbocycles. The Labute approximate surface area is 330 Å². The molecule has 0 saturated heterocycles. The number of esters is 1. The van der Waals surface area contributed by atoms with Crippen molar-refractivity contribution in [2.24, 2.45) is 17.8 Å². The zero-order chi connectivity index (χ0) is 39.6. The number of hydrogen-bond acceptors (Lipinski definition) is 9. The summed E-state index contributed by atoms with van der Waals surface area (Å²) in [4.78, 5) is 28.8. The Morgan fingerprint density at radius 1 is 1.05 bits per heavy atom. The van der Waals surface area contributed by atoms with Crippen LogP contribution in [-0.2, 0) is 20.7 Å². The van der Waals surface area contributed by atoms with E-state index in [9.17, 15) is 9.90 Å². The van der Waals surface area contributed by atoms with E-state index >= 15 is 4.79 Å². The molecule has 6 unspecified atom stereocenters. The molecular weight excluding hydrogens is 711 g/mol. The van der Waals surface area contributed by atoms with Gasteiger partial charge in [-0.05, 0) is 97.4 Å². The molecule has 2 N–H and O–H groups in total. The number of ether oxygens (including phenoxy) is 4. The van der Waals surface area contributed by atoms with Crippen LogP contribution in [0.4, 0.5) is 5.69 Å². The minimum atomic E-state index is -2.01. The first-order valence-electron chi connectivity index (χ1n) is 19.5. The van der Waals surface area contributed by atoms with Crippen molar-refractivity contribution in [3.8, 4) is 17.2 Å². The van der Waals surface area contributed by atoms with E-state index in [1.54, 1.807) is 31.9 Å². The van der Waals surface area contributed by atoms with Gasteiger partial charge in [-0.15, -0.1) is 11.8 Å². The number of ketones is 1. The Balaban J connectivity index is 1.57. The van der Waals surface area contributed by atoms with E-state index in [1.807, 2.05) is 12.1 Å². The molecule has 0 aromatic heterocycles. The SMILES string of the molecule is COC(=O)/C(C)=C\CC1(O)C(=O)C2CC(C(C)C)C13Oc1c(CC=C(C)C)c4c(c(OC)c1C1=C3C2Sc2ccccc2N1)C=CC(C)(CCC=C(C)C)O4. The summed E-state index contributed by atoms with van der Waals surface area (Å²) in [7, 11) is 3.01. The number of anilines is 1. The number of aliphatic hydroxyl groups is 1. The van der Waals surface area contributed by atoms with E-state index in [2.05, 4.69) is 90.2 Å². The number of allylic oxidation sites excluding steroid dienone is 4. The predicted octanol–water partition coefficient (Wildman–Crippen LogP) is 9.66. The van der Waals surface area contributed by atoms with E-state index in [0.717, 1.165) is 57.0 Å². The maximum absolute atomic E-state index is 15.1. The number of nitrogens with one attached hydrogen (secondary N) is 1. The molecule has 2 bridgehead atoms. The molecule has 8 rings (SSSR count). The van der Waals surface area contributed by atoms with Gasteiger partial charge in [0.15, 0.2) is 17.0 Å². The summed E-state index contributed by atoms with van der Waals surface area (Å²) in [5.74, 6) is 0.328. The quantitative estimate of drug-likeness (QED) is 0.139. The van der Waals surface area contributed by atoms with Crippen LogP contribution < -0.4 is 19.5 Å². The third-order valence-electron chi connectivity index (χ3n) is 12.2. The summed E-state index contributed by atoms with van der Waals surface area (Å²) in [6, 6.07) is 8.16. The number of thioether (sulfide) groups is 1. The number of Topliss-reactive ketones (excluding diaryl/α,β-unsaturated/α-hetero) is 1. The molecule has 2 aromatic rings. The molecule has 55 heavy (non-hydrogen) atoms. The highest BCUT2D eigenvalue weighted by Gasteiger charge is 2.76. The van der Waals surface area contributed by atoms with Crippen LogP contribution >= 0.6 is 11.8 Å². The fourth-order valence-electron chi connectivity index (χ4n) is 9.41. The molecule has 3 saturated carbocycles. The largest absolute Gasteiger partial charge is 0.495 e. The number of methoxy groups -OCH3 is 2. The lowest BCUT2D eigenvalue weighted by atomic mass is 9.47. The maximum Gasteiger partial charge on any atom is 0.333 e. The highest BCUT2D eigenvalue weighted by molar-refractivity contribution is 8.00. The molecule has 0 amide bonds. The van der Waals surface area contributed by atoms with E-state index in [1.165, 1.54) is 12.7 Å². The first-order chi connectivity index (χ1) is 26.1. The first-order valence-corrected chi connectivity index (χ1v) is 20.4. The second kappa shape index (κ2) is 14.4. The summed E-state index contributed by atoms with van der Waals surface area (Å²) in [6.45, 7) is 16.4. The van der Waals surface area contributed by atoms with Crippen LogP contribution in [0.1, 0.15) is 97.8 Å². The molecule has 8 nitrogen and oxygen atoms in total. The van der Waals surface area contributed by atoms with Crippen molar-refractivity contribution in [2.45, 2.75) is 114 Å². The fourth-order valence-corrected chi connectivity index (χ4v) is 10.9. The van der Waals surface area contributed by atoms with Gasteiger partial charge in [0.25, 0.3) is 0 Å². The first kappa shape index (κ1) is 39.0. The zero-order valence-corrected chi connectivity index (χ0v) is 34.7. The van der Waals surface area contributed by atoms with Crippen LogP contribution in [0, 0.1) is 17.8 Å². The molecular formula is C46H55NO7S. The lowest BCUT2D eigenvalue weighted by molar-refractivity contribution is -0.203. The maximum atomic E-state index is 15.1. The minimum Gasteiger partial charge on any atom is -0.495 e. The molecule has 6 atom stereocenters. The van der Waals surface area contributed by atoms with Crippen LogP contribution in [0.5, 0.6) is 17.2 Å². The van der Waals surface area contributed by atoms with E-state index in [0.29, 0.717) is 35.7 Å². The van der Waals surface area contributed by atoms with Crippen molar-refractivity contribution in [1.82, 2.24) is 0 Å². The molecule has 3 aliphatic heterocycles. The molecule has 3 heterocycles. The highest BCUT2D eigenvalue weighted by atomic mass is 32.2. The lowest BCUT2D eigenvalue weighted by Crippen LogP contribution is -2.78. The summed E-state index contributed by atoms with van der Waals surface area (Å²) in [5, 5.41) is 16.9. The second-order valence-electron chi connectivity index (χ2n) is 16.8. The average molecular weight is 766 g/mol. The van der Waals surface area contributed by atoms with Gasteiger partial charge >= 0.3 is 5.97 Å². The number of rotatable bonds is 10. The fraction of sp³-hybridized carbons (Fsp3) is 0.478. The lowest BCUT2D eigenvalue weighted by Gasteiger charge is -2.64. The Kier molecular flexibility index (Phi) is 10.2. The van der Waals surface area contributed by atoms with E-state index in [-0.39, 0.29) is 29.3 Å². The summed E-state index contributed by atoms with van der Waals surface area (Å²) >= 11 is 1.66. The topological polar surface area (TPSA) is 103 Å². The van der Waals surface area contributed by atoms with Crippen molar-refractivity contribution in [3.05, 3.63) is 87.6 Å². The van der Waals surface area contributed by atoms with Crippen molar-refractivity contribution in [2.75, 3.05) is 19.5 Å². The van der Waals surface area contributed by atoms with Gasteiger partial charge in [-0.2, -0.15) is 0 Å². The average Bonchev–Trinajstić information content (AvgIpc) is 3.32. The monoisotopic (exact) mass is 765 g/mol. The van der Waals surface area contributed by atoms with Crippen LogP contribution in [-0.4, -0.2) is 53.1 Å². The molecule has 6 aliphatic rings. The van der Waals surface area contributed by atoms with Crippen LogP contribution in [0.15, 0.2) is 75.8 Å². The number of para-hydroxylation sites is 1. The van der Waals surface area contributed by atoms with Crippen molar-refractivity contribution < 1.29 is 33.6 Å². The number of fused-ring (bicyclic) bond motifs is 6. The van der Waals surface area contributed by atoms with Gasteiger partial charge in [0.05, 0.1) is 36.7 Å². The van der Waals surface area contributed by atoms with Crippen LogP contribution in [0.25, 0.3) is 11.8 Å². The smallest absolute Gasteiger partial charge is 0.333 e. The third-order valence-corrected chi connectivity index (χ3v) is 13.6. The van der Waals surface area contributed by atoms with Gasteiger partial charge in [0, 0.05) is 45.1 Å². The Bertz CT molecular complexity index is 2100. The Morgan fingerprint density at radius 2 is 1.78 bits per heavy atom. The van der Waals surface area contributed by atoms with Gasteiger partial charge in [0.2, 0.25) is 0 Å². The van der Waals surface area contributed by atoms with E-state index < -0.39 is 28.7 Å². The van der Waals surface area contributed by atoms with E-state index in [4.69, 9.17) is 18.9 Å². The Morgan fingerprint density at radius 3 is 2.45 bits per heavy atom. The summed E-state index contributed by atoms with van der Waals surface area (Å²) < 4.78 is 26.2. The van der Waals surface area contributed by atoms with Crippen LogP contribution in [0.2, 0.25) is 0 Å². The minimum absolute atomic E-state index is 0.0259. The summed E-state index contributed by atoms with van der Waals surface area (Å²) in [5.41, 5.74) is 3.59. The normalized spacial score (nSPS) is 28.4. The molecule has 292 valence electrons. The van der Waals surface area contributed by atoms with Gasteiger partial charge in [-0.25, -0.2) is 4.79 Å². The van der Waals surface area contributed by atoms with Crippen molar-refractivity contribution >= 4 is 41.0 Å². The summed E-state index contributed by atoms with van der Waals surface area (Å²) in [6.07, 6.45) is 12.9. The third kappa shape index (κ3) is 6.17. The number of benzene rings is 2. The molecule has 0 radical (unpaired) electrons.